The van der Waals surface area contributed by atoms with Gasteiger partial charge in [-0.05, 0) is 41.2 Å². The number of rotatable bonds is 9. The number of carbonyl (C=O) groups is 2. The molecule has 8 nitrogen and oxygen atoms in total. The maximum absolute atomic E-state index is 12.7. The standard InChI is InChI=1S/C21H28BrN5O3/c1-4-27(5-2)12-11-24-20(28)17-16(30-3)13-15(18(22)19(17)23)26-21(29)25-14-9-7-6-8-10-14/h6-10,13H,4-5,11-12,23H2,1-3H3,(H,24,28)(H2,25,26,29). The third-order valence-corrected chi connectivity index (χ3v) is 5.45. The Kier molecular flexibility index (Phi) is 8.94. The van der Waals surface area contributed by atoms with Gasteiger partial charge < -0.3 is 31.3 Å². The molecule has 0 fully saturated rings. The number of hydrogen-bond donors (Lipinski definition) is 4. The number of para-hydroxylation sites is 1. The number of nitrogens with zero attached hydrogens (tertiary/aromatic N) is 1. The van der Waals surface area contributed by atoms with Gasteiger partial charge in [0.1, 0.15) is 11.3 Å². The van der Waals surface area contributed by atoms with Crippen LogP contribution in [0.4, 0.5) is 21.9 Å². The minimum Gasteiger partial charge on any atom is -0.496 e. The number of likely N-dealkylation sites (N-methyl/N-ethyl adjacent to an activating group) is 1. The zero-order chi connectivity index (χ0) is 22.1. The molecule has 0 bridgehead atoms. The van der Waals surface area contributed by atoms with E-state index in [0.29, 0.717) is 22.4 Å². The van der Waals surface area contributed by atoms with E-state index in [9.17, 15) is 9.59 Å². The number of methoxy groups -OCH3 is 1. The normalized spacial score (nSPS) is 10.6. The van der Waals surface area contributed by atoms with Crippen LogP contribution in [0.15, 0.2) is 40.9 Å². The summed E-state index contributed by atoms with van der Waals surface area (Å²) in [5, 5.41) is 8.32. The molecule has 9 heteroatoms. The van der Waals surface area contributed by atoms with Crippen LogP contribution in [0.3, 0.4) is 0 Å². The molecule has 0 aliphatic carbocycles. The highest BCUT2D eigenvalue weighted by Gasteiger charge is 2.22. The molecule has 0 aliphatic heterocycles. The lowest BCUT2D eigenvalue weighted by molar-refractivity contribution is 0.0947. The van der Waals surface area contributed by atoms with E-state index in [2.05, 4.69) is 50.6 Å². The van der Waals surface area contributed by atoms with Gasteiger partial charge in [-0.1, -0.05) is 32.0 Å². The van der Waals surface area contributed by atoms with Crippen molar-refractivity contribution >= 4 is 44.9 Å². The molecular weight excluding hydrogens is 450 g/mol. The average molecular weight is 478 g/mol. The average Bonchev–Trinajstić information content (AvgIpc) is 2.74. The Morgan fingerprint density at radius 1 is 1.13 bits per heavy atom. The molecule has 5 N–H and O–H groups in total. The van der Waals surface area contributed by atoms with Crippen molar-refractivity contribution in [1.29, 1.82) is 0 Å². The van der Waals surface area contributed by atoms with Crippen LogP contribution in [-0.2, 0) is 0 Å². The Hall–Kier alpha value is -2.78. The monoisotopic (exact) mass is 477 g/mol. The number of benzene rings is 2. The van der Waals surface area contributed by atoms with E-state index in [1.165, 1.54) is 7.11 Å². The van der Waals surface area contributed by atoms with E-state index in [-0.39, 0.29) is 22.9 Å². The lowest BCUT2D eigenvalue weighted by Gasteiger charge is -2.19. The van der Waals surface area contributed by atoms with Crippen molar-refractivity contribution in [3.63, 3.8) is 0 Å². The van der Waals surface area contributed by atoms with Crippen LogP contribution < -0.4 is 26.4 Å². The molecule has 3 amide bonds. The summed E-state index contributed by atoms with van der Waals surface area (Å²) in [4.78, 5) is 27.2. The van der Waals surface area contributed by atoms with Crippen molar-refractivity contribution in [2.24, 2.45) is 0 Å². The van der Waals surface area contributed by atoms with E-state index in [1.54, 1.807) is 18.2 Å². The third-order valence-electron chi connectivity index (χ3n) is 4.60. The first kappa shape index (κ1) is 23.5. The third kappa shape index (κ3) is 6.11. The molecule has 0 heterocycles. The number of anilines is 3. The molecule has 0 unspecified atom stereocenters. The molecule has 0 saturated carbocycles. The van der Waals surface area contributed by atoms with Crippen LogP contribution in [0.1, 0.15) is 24.2 Å². The van der Waals surface area contributed by atoms with Crippen molar-refractivity contribution in [3.8, 4) is 5.75 Å². The highest BCUT2D eigenvalue weighted by molar-refractivity contribution is 9.10. The molecule has 0 atom stereocenters. The Labute approximate surface area is 185 Å². The molecule has 30 heavy (non-hydrogen) atoms. The van der Waals surface area contributed by atoms with Crippen molar-refractivity contribution in [1.82, 2.24) is 10.2 Å². The molecule has 0 aliphatic rings. The van der Waals surface area contributed by atoms with Gasteiger partial charge in [0, 0.05) is 24.8 Å². The number of hydrogen-bond acceptors (Lipinski definition) is 5. The molecule has 2 aromatic rings. The van der Waals surface area contributed by atoms with Gasteiger partial charge in [-0.15, -0.1) is 0 Å². The van der Waals surface area contributed by atoms with Gasteiger partial charge in [0.05, 0.1) is 23.0 Å². The van der Waals surface area contributed by atoms with Crippen molar-refractivity contribution < 1.29 is 14.3 Å². The smallest absolute Gasteiger partial charge is 0.323 e. The molecular formula is C21H28BrN5O3. The van der Waals surface area contributed by atoms with Gasteiger partial charge in [-0.2, -0.15) is 0 Å². The summed E-state index contributed by atoms with van der Waals surface area (Å²) in [5.74, 6) is -0.0662. The molecule has 0 spiro atoms. The van der Waals surface area contributed by atoms with Crippen LogP contribution in [0, 0.1) is 0 Å². The largest absolute Gasteiger partial charge is 0.496 e. The van der Waals surface area contributed by atoms with Crippen molar-refractivity contribution in [3.05, 3.63) is 46.4 Å². The van der Waals surface area contributed by atoms with E-state index in [4.69, 9.17) is 10.5 Å². The summed E-state index contributed by atoms with van der Waals surface area (Å²) in [5.41, 5.74) is 7.64. The van der Waals surface area contributed by atoms with Crippen LogP contribution in [0.2, 0.25) is 0 Å². The van der Waals surface area contributed by atoms with E-state index >= 15 is 0 Å². The predicted octanol–water partition coefficient (Wildman–Crippen LogP) is 3.76. The minimum absolute atomic E-state index is 0.185. The Bertz CT molecular complexity index is 873. The number of nitrogen functional groups attached to an aromatic ring is 1. The van der Waals surface area contributed by atoms with Gasteiger partial charge in [0.15, 0.2) is 0 Å². The summed E-state index contributed by atoms with van der Waals surface area (Å²) in [6.45, 7) is 7.19. The van der Waals surface area contributed by atoms with Crippen molar-refractivity contribution in [2.45, 2.75) is 13.8 Å². The first-order valence-corrected chi connectivity index (χ1v) is 10.5. The number of amides is 3. The maximum atomic E-state index is 12.7. The van der Waals surface area contributed by atoms with E-state index in [0.717, 1.165) is 19.6 Å². The van der Waals surface area contributed by atoms with Gasteiger partial charge in [0.2, 0.25) is 0 Å². The second-order valence-corrected chi connectivity index (χ2v) is 7.25. The number of ether oxygens (including phenoxy) is 1. The first-order chi connectivity index (χ1) is 14.4. The summed E-state index contributed by atoms with van der Waals surface area (Å²) >= 11 is 3.38. The molecule has 2 aromatic carbocycles. The van der Waals surface area contributed by atoms with E-state index in [1.807, 2.05) is 18.2 Å². The van der Waals surface area contributed by atoms with Crippen LogP contribution in [0.25, 0.3) is 0 Å². The van der Waals surface area contributed by atoms with E-state index < -0.39 is 6.03 Å². The fourth-order valence-electron chi connectivity index (χ4n) is 2.90. The predicted molar refractivity (Wildman–Crippen MR) is 124 cm³/mol. The summed E-state index contributed by atoms with van der Waals surface area (Å²) in [6.07, 6.45) is 0. The van der Waals surface area contributed by atoms with Gasteiger partial charge in [-0.3, -0.25) is 4.79 Å². The number of halogens is 1. The summed E-state index contributed by atoms with van der Waals surface area (Å²) in [6, 6.07) is 10.2. The fraction of sp³-hybridized carbons (Fsp3) is 0.333. The number of urea groups is 1. The molecule has 0 saturated heterocycles. The second kappa shape index (κ2) is 11.4. The van der Waals surface area contributed by atoms with Gasteiger partial charge >= 0.3 is 6.03 Å². The lowest BCUT2D eigenvalue weighted by atomic mass is 10.1. The Morgan fingerprint density at radius 3 is 2.40 bits per heavy atom. The van der Waals surface area contributed by atoms with Crippen LogP contribution >= 0.6 is 15.9 Å². The SMILES string of the molecule is CCN(CC)CCNC(=O)c1c(OC)cc(NC(=O)Nc2ccccc2)c(Br)c1N. The van der Waals surface area contributed by atoms with Gasteiger partial charge in [-0.25, -0.2) is 4.79 Å². The Morgan fingerprint density at radius 2 is 1.80 bits per heavy atom. The lowest BCUT2D eigenvalue weighted by Crippen LogP contribution is -2.35. The molecule has 2 rings (SSSR count). The second-order valence-electron chi connectivity index (χ2n) is 6.46. The molecule has 162 valence electrons. The minimum atomic E-state index is -0.445. The zero-order valence-corrected chi connectivity index (χ0v) is 19.0. The van der Waals surface area contributed by atoms with Crippen LogP contribution in [-0.4, -0.2) is 50.1 Å². The molecule has 0 radical (unpaired) electrons. The number of nitrogens with two attached hydrogens (primary N) is 1. The maximum Gasteiger partial charge on any atom is 0.323 e. The number of carbonyl (C=O) groups excluding carboxylic acids is 2. The van der Waals surface area contributed by atoms with Crippen molar-refractivity contribution in [2.75, 3.05) is 49.7 Å². The fourth-order valence-corrected chi connectivity index (χ4v) is 3.31. The van der Waals surface area contributed by atoms with Crippen LogP contribution in [0.5, 0.6) is 5.75 Å². The number of nitrogens with one attached hydrogen (secondary N) is 3. The highest BCUT2D eigenvalue weighted by atomic mass is 79.9. The first-order valence-electron chi connectivity index (χ1n) is 9.70. The molecule has 0 aromatic heterocycles. The Balaban J connectivity index is 2.15. The zero-order valence-electron chi connectivity index (χ0n) is 17.4. The highest BCUT2D eigenvalue weighted by Crippen LogP contribution is 2.38. The summed E-state index contributed by atoms with van der Waals surface area (Å²) < 4.78 is 5.77. The quantitative estimate of drug-likeness (QED) is 0.411. The topological polar surface area (TPSA) is 109 Å². The summed E-state index contributed by atoms with van der Waals surface area (Å²) in [7, 11) is 1.45. The van der Waals surface area contributed by atoms with Gasteiger partial charge in [0.25, 0.3) is 5.91 Å².